The van der Waals surface area contributed by atoms with E-state index in [0.29, 0.717) is 35.8 Å². The number of sulfone groups is 1. The number of piperidine rings is 1. The predicted octanol–water partition coefficient (Wildman–Crippen LogP) is 4.18. The number of carbonyl (C=O) groups excluding carboxylic acids is 2. The van der Waals surface area contributed by atoms with E-state index in [9.17, 15) is 31.2 Å². The molecule has 1 N–H and O–H groups in total. The maximum atomic E-state index is 13.5. The van der Waals surface area contributed by atoms with Crippen LogP contribution in [-0.2, 0) is 20.8 Å². The van der Waals surface area contributed by atoms with Crippen molar-refractivity contribution in [3.05, 3.63) is 65.3 Å². The Morgan fingerprint density at radius 1 is 1.08 bits per heavy atom. The summed E-state index contributed by atoms with van der Waals surface area (Å²) in [4.78, 5) is 26.8. The molecule has 1 aromatic carbocycles. The lowest BCUT2D eigenvalue weighted by molar-refractivity contribution is -0.141. The molecule has 2 aromatic heterocycles. The van der Waals surface area contributed by atoms with Crippen molar-refractivity contribution in [2.45, 2.75) is 36.1 Å². The number of carbonyl (C=O) groups is 2. The molecule has 3 heterocycles. The van der Waals surface area contributed by atoms with Crippen LogP contribution in [0.1, 0.15) is 41.7 Å². The van der Waals surface area contributed by atoms with Gasteiger partial charge in [0.05, 0.1) is 17.0 Å². The van der Waals surface area contributed by atoms with E-state index in [4.69, 9.17) is 0 Å². The van der Waals surface area contributed by atoms with Gasteiger partial charge >= 0.3 is 6.18 Å². The van der Waals surface area contributed by atoms with Crippen LogP contribution in [0.2, 0.25) is 0 Å². The Hall–Kier alpha value is -3.19. The first-order valence-electron chi connectivity index (χ1n) is 12.1. The van der Waals surface area contributed by atoms with Crippen LogP contribution in [-0.4, -0.2) is 60.3 Å². The Bertz CT molecular complexity index is 1350. The SMILES string of the molecule is O=C(NCCCC(=O)N1CCC(CS(=O)(=O)c2cccs2)CC1)c1cn(-c2ccccc2)nc1C(F)(F)F. The molecule has 0 unspecified atom stereocenters. The second-order valence-electron chi connectivity index (χ2n) is 9.07. The molecule has 8 nitrogen and oxygen atoms in total. The van der Waals surface area contributed by atoms with E-state index in [-0.39, 0.29) is 37.0 Å². The lowest BCUT2D eigenvalue weighted by atomic mass is 9.98. The van der Waals surface area contributed by atoms with E-state index in [0.717, 1.165) is 10.9 Å². The quantitative estimate of drug-likeness (QED) is 0.391. The van der Waals surface area contributed by atoms with Gasteiger partial charge in [0.15, 0.2) is 15.5 Å². The van der Waals surface area contributed by atoms with Gasteiger partial charge in [0, 0.05) is 32.3 Å². The first-order valence-corrected chi connectivity index (χ1v) is 14.6. The van der Waals surface area contributed by atoms with Crippen molar-refractivity contribution in [1.82, 2.24) is 20.0 Å². The predicted molar refractivity (Wildman–Crippen MR) is 136 cm³/mol. The lowest BCUT2D eigenvalue weighted by Crippen LogP contribution is -2.40. The second kappa shape index (κ2) is 11.7. The van der Waals surface area contributed by atoms with Gasteiger partial charge in [-0.15, -0.1) is 11.3 Å². The monoisotopic (exact) mass is 568 g/mol. The Morgan fingerprint density at radius 3 is 2.42 bits per heavy atom. The highest BCUT2D eigenvalue weighted by molar-refractivity contribution is 7.93. The highest BCUT2D eigenvalue weighted by atomic mass is 32.2. The minimum atomic E-state index is -4.81. The number of alkyl halides is 3. The normalized spacial score (nSPS) is 15.0. The smallest absolute Gasteiger partial charge is 0.352 e. The number of hydrogen-bond donors (Lipinski definition) is 1. The molecule has 0 atom stereocenters. The van der Waals surface area contributed by atoms with E-state index in [1.807, 2.05) is 0 Å². The van der Waals surface area contributed by atoms with Gasteiger partial charge < -0.3 is 10.2 Å². The minimum absolute atomic E-state index is 0.0217. The zero-order valence-electron chi connectivity index (χ0n) is 20.4. The molecular weight excluding hydrogens is 541 g/mol. The molecule has 204 valence electrons. The number of nitrogens with one attached hydrogen (secondary N) is 1. The van der Waals surface area contributed by atoms with Gasteiger partial charge in [0.25, 0.3) is 5.91 Å². The summed E-state index contributed by atoms with van der Waals surface area (Å²) < 4.78 is 66.8. The third-order valence-corrected chi connectivity index (χ3v) is 9.70. The van der Waals surface area contributed by atoms with Crippen LogP contribution in [0.5, 0.6) is 0 Å². The van der Waals surface area contributed by atoms with Crippen LogP contribution >= 0.6 is 11.3 Å². The number of rotatable bonds is 9. The fourth-order valence-corrected chi connectivity index (χ4v) is 7.15. The van der Waals surface area contributed by atoms with Gasteiger partial charge in [-0.2, -0.15) is 18.3 Å². The highest BCUT2D eigenvalue weighted by Crippen LogP contribution is 2.31. The zero-order chi connectivity index (χ0) is 27.3. The van der Waals surface area contributed by atoms with Crippen molar-refractivity contribution in [3.8, 4) is 5.69 Å². The summed E-state index contributed by atoms with van der Waals surface area (Å²) >= 11 is 1.19. The topological polar surface area (TPSA) is 101 Å². The fraction of sp³-hybridized carbons (Fsp3) is 0.400. The zero-order valence-corrected chi connectivity index (χ0v) is 22.0. The number of thiophene rings is 1. The molecule has 13 heteroatoms. The molecular formula is C25H27F3N4O4S2. The van der Waals surface area contributed by atoms with E-state index >= 15 is 0 Å². The summed E-state index contributed by atoms with van der Waals surface area (Å²) in [6.07, 6.45) is -2.23. The van der Waals surface area contributed by atoms with Crippen molar-refractivity contribution >= 4 is 33.0 Å². The molecule has 4 rings (SSSR count). The van der Waals surface area contributed by atoms with E-state index in [1.54, 1.807) is 52.7 Å². The maximum Gasteiger partial charge on any atom is 0.435 e. The number of halogens is 3. The number of hydrogen-bond acceptors (Lipinski definition) is 6. The number of para-hydroxylation sites is 1. The van der Waals surface area contributed by atoms with Crippen molar-refractivity contribution in [2.24, 2.45) is 5.92 Å². The molecule has 0 bridgehead atoms. The van der Waals surface area contributed by atoms with Crippen LogP contribution in [0.25, 0.3) is 5.69 Å². The number of aromatic nitrogens is 2. The molecule has 38 heavy (non-hydrogen) atoms. The van der Waals surface area contributed by atoms with Crippen LogP contribution < -0.4 is 5.32 Å². The van der Waals surface area contributed by atoms with Crippen LogP contribution in [0.4, 0.5) is 13.2 Å². The molecule has 0 radical (unpaired) electrons. The molecule has 1 fully saturated rings. The third kappa shape index (κ3) is 6.81. The fourth-order valence-electron chi connectivity index (χ4n) is 4.34. The van der Waals surface area contributed by atoms with Crippen molar-refractivity contribution in [1.29, 1.82) is 0 Å². The van der Waals surface area contributed by atoms with Gasteiger partial charge in [-0.05, 0) is 48.8 Å². The summed E-state index contributed by atoms with van der Waals surface area (Å²) in [5.41, 5.74) is -1.48. The number of amides is 2. The van der Waals surface area contributed by atoms with E-state index in [1.165, 1.54) is 11.3 Å². The van der Waals surface area contributed by atoms with Gasteiger partial charge in [-0.1, -0.05) is 24.3 Å². The average Bonchev–Trinajstić information content (AvgIpc) is 3.58. The van der Waals surface area contributed by atoms with Gasteiger partial charge in [0.1, 0.15) is 4.21 Å². The summed E-state index contributed by atoms with van der Waals surface area (Å²) in [5, 5.41) is 7.74. The molecule has 0 spiro atoms. The van der Waals surface area contributed by atoms with Crippen LogP contribution in [0, 0.1) is 5.92 Å². The molecule has 0 aliphatic carbocycles. The number of nitrogens with zero attached hydrogens (tertiary/aromatic N) is 3. The molecule has 3 aromatic rings. The van der Waals surface area contributed by atoms with Crippen molar-refractivity contribution in [2.75, 3.05) is 25.4 Å². The summed E-state index contributed by atoms with van der Waals surface area (Å²) in [7, 11) is -3.33. The average molecular weight is 569 g/mol. The molecule has 0 saturated carbocycles. The highest BCUT2D eigenvalue weighted by Gasteiger charge is 2.39. The van der Waals surface area contributed by atoms with Gasteiger partial charge in [-0.25, -0.2) is 13.1 Å². The van der Waals surface area contributed by atoms with Gasteiger partial charge in [0.2, 0.25) is 5.91 Å². The first kappa shape index (κ1) is 27.8. The van der Waals surface area contributed by atoms with Crippen molar-refractivity contribution in [3.63, 3.8) is 0 Å². The lowest BCUT2D eigenvalue weighted by Gasteiger charge is -2.32. The van der Waals surface area contributed by atoms with E-state index < -0.39 is 33.2 Å². The molecule has 2 amide bonds. The number of likely N-dealkylation sites (tertiary alicyclic amines) is 1. The largest absolute Gasteiger partial charge is 0.435 e. The summed E-state index contributed by atoms with van der Waals surface area (Å²) in [6, 6.07) is 11.5. The third-order valence-electron chi connectivity index (χ3n) is 6.33. The Labute approximate surface area is 222 Å². The Kier molecular flexibility index (Phi) is 8.56. The molecule has 1 aliphatic rings. The summed E-state index contributed by atoms with van der Waals surface area (Å²) in [5.74, 6) is -1.01. The summed E-state index contributed by atoms with van der Waals surface area (Å²) in [6.45, 7) is 0.917. The number of benzene rings is 1. The Balaban J connectivity index is 1.24. The standard InChI is InChI=1S/C25H27F3N4O4S2/c26-25(27,28)23-20(16-32(30-23)19-6-2-1-3-7-19)24(34)29-12-4-8-21(33)31-13-10-18(11-14-31)17-38(35,36)22-9-5-15-37-22/h1-3,5-7,9,15-16,18H,4,8,10-14,17H2,(H,29,34). The first-order chi connectivity index (χ1) is 18.0. The second-order valence-corrected chi connectivity index (χ2v) is 12.3. The van der Waals surface area contributed by atoms with E-state index in [2.05, 4.69) is 10.4 Å². The van der Waals surface area contributed by atoms with Crippen LogP contribution in [0.3, 0.4) is 0 Å². The maximum absolute atomic E-state index is 13.5. The van der Waals surface area contributed by atoms with Gasteiger partial charge in [-0.3, -0.25) is 9.59 Å². The van der Waals surface area contributed by atoms with Crippen LogP contribution in [0.15, 0.2) is 58.3 Å². The minimum Gasteiger partial charge on any atom is -0.352 e. The Morgan fingerprint density at radius 2 is 1.79 bits per heavy atom. The molecule has 1 saturated heterocycles. The van der Waals surface area contributed by atoms with Crippen molar-refractivity contribution < 1.29 is 31.2 Å². The molecule has 1 aliphatic heterocycles.